The second-order valence-electron chi connectivity index (χ2n) is 6.66. The minimum absolute atomic E-state index is 0.0494. The molecule has 16 heteroatoms. The summed E-state index contributed by atoms with van der Waals surface area (Å²) >= 11 is 9.17. The van der Waals surface area contributed by atoms with Crippen LogP contribution in [0, 0.1) is 6.92 Å². The zero-order chi connectivity index (χ0) is 23.2. The number of carbonyl (C=O) groups excluding carboxylic acids is 2. The molecule has 12 nitrogen and oxygen atoms in total. The number of thiazole rings is 1. The molecule has 1 fully saturated rings. The van der Waals surface area contributed by atoms with Crippen LogP contribution < -0.4 is 11.1 Å². The molecule has 0 saturated carbocycles. The lowest BCUT2D eigenvalue weighted by atomic mass is 9.86. The van der Waals surface area contributed by atoms with Gasteiger partial charge in [0.1, 0.15) is 26.8 Å². The summed E-state index contributed by atoms with van der Waals surface area (Å²) in [6.45, 7) is 1.79. The van der Waals surface area contributed by atoms with E-state index in [0.29, 0.717) is 22.9 Å². The fourth-order valence-corrected chi connectivity index (χ4v) is 5.96. The second-order valence-corrected chi connectivity index (χ2v) is 10.3. The van der Waals surface area contributed by atoms with E-state index in [0.717, 1.165) is 33.0 Å². The van der Waals surface area contributed by atoms with Crippen LogP contribution in [-0.2, 0) is 14.4 Å². The van der Waals surface area contributed by atoms with Gasteiger partial charge < -0.3 is 21.4 Å². The summed E-state index contributed by atoms with van der Waals surface area (Å²) < 4.78 is 4.20. The number of halogens is 1. The largest absolute Gasteiger partial charge is 0.477 e. The first-order valence-corrected chi connectivity index (χ1v) is 11.7. The summed E-state index contributed by atoms with van der Waals surface area (Å²) in [4.78, 5) is 47.0. The Balaban J connectivity index is 1.53. The molecule has 2 aliphatic heterocycles. The number of carboxylic acids is 1. The summed E-state index contributed by atoms with van der Waals surface area (Å²) in [5.74, 6) is -2.74. The van der Waals surface area contributed by atoms with E-state index in [4.69, 9.17) is 17.3 Å². The van der Waals surface area contributed by atoms with E-state index in [1.54, 1.807) is 6.92 Å². The topological polar surface area (TPSA) is 184 Å². The molecule has 1 saturated heterocycles. The van der Waals surface area contributed by atoms with Crippen LogP contribution in [0.5, 0.6) is 0 Å². The number of carbonyl (C=O) groups is 3. The maximum absolute atomic E-state index is 12.8. The molecule has 4 rings (SSSR count). The summed E-state index contributed by atoms with van der Waals surface area (Å²) in [7, 11) is 0. The molecule has 5 N–H and O–H groups in total. The van der Waals surface area contributed by atoms with Crippen LogP contribution in [0.1, 0.15) is 23.5 Å². The number of aliphatic carboxylic acids is 1. The van der Waals surface area contributed by atoms with Crippen molar-refractivity contribution in [3.05, 3.63) is 25.6 Å². The van der Waals surface area contributed by atoms with Gasteiger partial charge in [-0.05, 0) is 31.3 Å². The smallest absolute Gasteiger partial charge is 0.353 e. The zero-order valence-electron chi connectivity index (χ0n) is 16.1. The standard InChI is InChI=1S/C16H14ClN7O5S3/c1-4-19-16(23-32-4)30-6-3-2-5-7(13(26)24(5)10(6)14(27)28)20-12(25)9(22-29)8-11(17)31-15(18)21-8/h5,7,29H,2-3H2,1H3,(H2,18,21)(H,20,25)(H,27,28)/b22-9-/t5-,7+/m1/s1. The minimum Gasteiger partial charge on any atom is -0.477 e. The Hall–Kier alpha value is -2.75. The third-order valence-corrected chi connectivity index (χ3v) is 7.57. The van der Waals surface area contributed by atoms with Crippen LogP contribution in [0.15, 0.2) is 20.9 Å². The maximum Gasteiger partial charge on any atom is 0.353 e. The van der Waals surface area contributed by atoms with Gasteiger partial charge in [0.05, 0.1) is 6.04 Å². The molecule has 0 aromatic carbocycles. The number of amides is 2. The first-order chi connectivity index (χ1) is 15.2. The minimum atomic E-state index is -1.26. The molecule has 0 radical (unpaired) electrons. The number of thioether (sulfide) groups is 1. The zero-order valence-corrected chi connectivity index (χ0v) is 19.3. The Morgan fingerprint density at radius 3 is 2.72 bits per heavy atom. The fourth-order valence-electron chi connectivity index (χ4n) is 3.43. The normalized spacial score (nSPS) is 20.8. The highest BCUT2D eigenvalue weighted by Crippen LogP contribution is 2.42. The lowest BCUT2D eigenvalue weighted by molar-refractivity contribution is -0.155. The number of nitrogens with zero attached hydrogens (tertiary/aromatic N) is 5. The van der Waals surface area contributed by atoms with Crippen molar-refractivity contribution >= 4 is 74.9 Å². The van der Waals surface area contributed by atoms with Crippen LogP contribution in [0.4, 0.5) is 5.13 Å². The van der Waals surface area contributed by atoms with E-state index in [1.807, 2.05) is 0 Å². The molecule has 4 heterocycles. The lowest BCUT2D eigenvalue weighted by Gasteiger charge is -2.49. The molecule has 0 bridgehead atoms. The number of oxime groups is 1. The number of nitrogens with two attached hydrogens (primary N) is 1. The van der Waals surface area contributed by atoms with E-state index in [2.05, 4.69) is 24.8 Å². The highest BCUT2D eigenvalue weighted by atomic mass is 35.5. The SMILES string of the molecule is Cc1nc(SC2=C(C(=O)O)N3C(=O)[C@@H](NC(=O)/C(=N\O)c4nc(N)sc4Cl)[C@H]3CC2)ns1. The van der Waals surface area contributed by atoms with Gasteiger partial charge in [-0.15, -0.1) is 0 Å². The van der Waals surface area contributed by atoms with Gasteiger partial charge in [-0.2, -0.15) is 4.37 Å². The van der Waals surface area contributed by atoms with Crippen molar-refractivity contribution in [3.63, 3.8) is 0 Å². The Kier molecular flexibility index (Phi) is 6.07. The quantitative estimate of drug-likeness (QED) is 0.189. The number of β-lactam (4-membered cyclic amide) rings is 1. The molecule has 32 heavy (non-hydrogen) atoms. The monoisotopic (exact) mass is 515 g/mol. The van der Waals surface area contributed by atoms with Gasteiger partial charge in [-0.3, -0.25) is 14.5 Å². The predicted molar refractivity (Wildman–Crippen MR) is 117 cm³/mol. The van der Waals surface area contributed by atoms with Crippen molar-refractivity contribution in [1.29, 1.82) is 0 Å². The van der Waals surface area contributed by atoms with Gasteiger partial charge >= 0.3 is 5.97 Å². The number of hydrogen-bond acceptors (Lipinski definition) is 12. The molecule has 2 atom stereocenters. The fraction of sp³-hybridized carbons (Fsp3) is 0.312. The lowest BCUT2D eigenvalue weighted by Crippen LogP contribution is -2.72. The Labute approximate surface area is 197 Å². The van der Waals surface area contributed by atoms with Gasteiger partial charge in [0.2, 0.25) is 5.16 Å². The molecule has 0 aliphatic carbocycles. The molecule has 0 unspecified atom stereocenters. The van der Waals surface area contributed by atoms with E-state index in [-0.39, 0.29) is 20.9 Å². The van der Waals surface area contributed by atoms with Gasteiger partial charge in [0.15, 0.2) is 10.8 Å². The first-order valence-electron chi connectivity index (χ1n) is 8.94. The third kappa shape index (κ3) is 3.92. The number of rotatable bonds is 6. The van der Waals surface area contributed by atoms with E-state index in [1.165, 1.54) is 11.5 Å². The van der Waals surface area contributed by atoms with Crippen LogP contribution >= 0.6 is 46.2 Å². The number of carboxylic acid groups (broad SMARTS) is 1. The number of aromatic nitrogens is 3. The number of allylic oxidation sites excluding steroid dienone is 1. The summed E-state index contributed by atoms with van der Waals surface area (Å²) in [5, 5.41) is 25.7. The second kappa shape index (κ2) is 8.65. The van der Waals surface area contributed by atoms with Crippen LogP contribution in [0.3, 0.4) is 0 Å². The first kappa shape index (κ1) is 22.4. The van der Waals surface area contributed by atoms with Gasteiger partial charge in [-0.1, -0.05) is 39.9 Å². The summed E-state index contributed by atoms with van der Waals surface area (Å²) in [5.41, 5.74) is 4.79. The third-order valence-electron chi connectivity index (χ3n) is 4.75. The molecular formula is C16H14ClN7O5S3. The predicted octanol–water partition coefficient (Wildman–Crippen LogP) is 1.29. The molecule has 0 spiro atoms. The van der Waals surface area contributed by atoms with E-state index in [9.17, 15) is 24.7 Å². The molecular weight excluding hydrogens is 502 g/mol. The van der Waals surface area contributed by atoms with Gasteiger partial charge in [0, 0.05) is 4.91 Å². The average Bonchev–Trinajstić information content (AvgIpc) is 3.30. The Bertz CT molecular complexity index is 1190. The maximum atomic E-state index is 12.8. The number of aryl methyl sites for hydroxylation is 1. The number of anilines is 1. The van der Waals surface area contributed by atoms with E-state index >= 15 is 0 Å². The van der Waals surface area contributed by atoms with Gasteiger partial charge in [0.25, 0.3) is 11.8 Å². The Morgan fingerprint density at radius 2 is 2.16 bits per heavy atom. The summed E-state index contributed by atoms with van der Waals surface area (Å²) in [6, 6.07) is -1.56. The van der Waals surface area contributed by atoms with Crippen molar-refractivity contribution < 1.29 is 24.7 Å². The van der Waals surface area contributed by atoms with Crippen molar-refractivity contribution in [2.75, 3.05) is 5.73 Å². The molecule has 2 amide bonds. The molecule has 2 aliphatic rings. The Morgan fingerprint density at radius 1 is 1.41 bits per heavy atom. The summed E-state index contributed by atoms with van der Waals surface area (Å²) in [6.07, 6.45) is 0.774. The van der Waals surface area contributed by atoms with Crippen LogP contribution in [-0.4, -0.2) is 65.1 Å². The number of nitrogen functional groups attached to an aromatic ring is 1. The van der Waals surface area contributed by atoms with Crippen LogP contribution in [0.2, 0.25) is 4.34 Å². The molecule has 2 aromatic heterocycles. The van der Waals surface area contributed by atoms with Crippen molar-refractivity contribution in [2.24, 2.45) is 5.16 Å². The highest BCUT2D eigenvalue weighted by molar-refractivity contribution is 8.03. The highest BCUT2D eigenvalue weighted by Gasteiger charge is 2.54. The van der Waals surface area contributed by atoms with Gasteiger partial charge in [-0.25, -0.2) is 14.8 Å². The van der Waals surface area contributed by atoms with Crippen molar-refractivity contribution in [2.45, 2.75) is 37.0 Å². The van der Waals surface area contributed by atoms with Crippen molar-refractivity contribution in [1.82, 2.24) is 24.6 Å². The number of hydrogen-bond donors (Lipinski definition) is 4. The molecule has 168 valence electrons. The van der Waals surface area contributed by atoms with Crippen molar-refractivity contribution in [3.8, 4) is 0 Å². The van der Waals surface area contributed by atoms with E-state index < -0.39 is 35.6 Å². The average molecular weight is 516 g/mol. The number of fused-ring (bicyclic) bond motifs is 1. The molecule has 2 aromatic rings. The van der Waals surface area contributed by atoms with Crippen LogP contribution in [0.25, 0.3) is 0 Å². The number of nitrogens with one attached hydrogen (secondary N) is 1.